The van der Waals surface area contributed by atoms with Crippen molar-refractivity contribution in [1.29, 1.82) is 0 Å². The molecule has 0 unspecified atom stereocenters. The predicted molar refractivity (Wildman–Crippen MR) is 76.0 cm³/mol. The van der Waals surface area contributed by atoms with Crippen molar-refractivity contribution in [3.8, 4) is 0 Å². The van der Waals surface area contributed by atoms with Gasteiger partial charge in [0.25, 0.3) is 0 Å². The van der Waals surface area contributed by atoms with Crippen LogP contribution in [0.25, 0.3) is 11.2 Å². The maximum atomic E-state index is 6.02. The van der Waals surface area contributed by atoms with E-state index in [0.29, 0.717) is 10.3 Å². The normalized spacial score (nSPS) is 10.9. The van der Waals surface area contributed by atoms with Gasteiger partial charge in [-0.3, -0.25) is 0 Å². The summed E-state index contributed by atoms with van der Waals surface area (Å²) in [4.78, 5) is 12.6. The quantitative estimate of drug-likeness (QED) is 0.736. The first-order chi connectivity index (χ1) is 9.13. The molecule has 19 heavy (non-hydrogen) atoms. The van der Waals surface area contributed by atoms with Crippen molar-refractivity contribution in [1.82, 2.24) is 19.5 Å². The lowest BCUT2D eigenvalue weighted by atomic mass is 10.3. The fourth-order valence-corrected chi connectivity index (χ4v) is 2.07. The number of pyridine rings is 2. The van der Waals surface area contributed by atoms with Crippen molar-refractivity contribution in [3.63, 3.8) is 0 Å². The molecule has 0 saturated carbocycles. The molecule has 7 heteroatoms. The third kappa shape index (κ3) is 2.34. The molecule has 0 bridgehead atoms. The van der Waals surface area contributed by atoms with Crippen LogP contribution in [-0.2, 0) is 7.05 Å². The zero-order valence-corrected chi connectivity index (χ0v) is 11.4. The molecule has 0 radical (unpaired) electrons. The number of imidazole rings is 1. The second-order valence-corrected chi connectivity index (χ2v) is 4.79. The molecule has 0 aliphatic rings. The summed E-state index contributed by atoms with van der Waals surface area (Å²) >= 11 is 11.8. The minimum absolute atomic E-state index is 0.403. The minimum atomic E-state index is 0.403. The van der Waals surface area contributed by atoms with Crippen LogP contribution in [0.15, 0.2) is 30.7 Å². The van der Waals surface area contributed by atoms with Crippen molar-refractivity contribution in [2.75, 3.05) is 5.32 Å². The molecule has 3 rings (SSSR count). The monoisotopic (exact) mass is 293 g/mol. The maximum Gasteiger partial charge on any atom is 0.163 e. The summed E-state index contributed by atoms with van der Waals surface area (Å²) in [5.74, 6) is 0. The van der Waals surface area contributed by atoms with E-state index >= 15 is 0 Å². The molecule has 96 valence electrons. The van der Waals surface area contributed by atoms with Crippen LogP contribution >= 0.6 is 23.2 Å². The lowest BCUT2D eigenvalue weighted by Crippen LogP contribution is -1.95. The molecule has 0 aliphatic carbocycles. The molecule has 0 amide bonds. The molecule has 0 fully saturated rings. The van der Waals surface area contributed by atoms with Crippen molar-refractivity contribution >= 4 is 45.7 Å². The van der Waals surface area contributed by atoms with E-state index in [1.54, 1.807) is 24.7 Å². The Morgan fingerprint density at radius 1 is 1.16 bits per heavy atom. The Labute approximate surface area is 119 Å². The number of nitrogens with zero attached hydrogens (tertiary/aromatic N) is 4. The largest absolute Gasteiger partial charge is 0.352 e. The van der Waals surface area contributed by atoms with E-state index in [4.69, 9.17) is 23.2 Å². The summed E-state index contributed by atoms with van der Waals surface area (Å²) in [6.07, 6.45) is 3.34. The molecular formula is C12H9Cl2N5. The van der Waals surface area contributed by atoms with E-state index in [-0.39, 0.29) is 0 Å². The Bertz CT molecular complexity index is 736. The van der Waals surface area contributed by atoms with Crippen LogP contribution in [0.4, 0.5) is 11.4 Å². The smallest absolute Gasteiger partial charge is 0.163 e. The molecule has 0 aliphatic heterocycles. The highest BCUT2D eigenvalue weighted by atomic mass is 35.5. The third-order valence-corrected chi connectivity index (χ3v) is 3.06. The van der Waals surface area contributed by atoms with Crippen LogP contribution in [-0.4, -0.2) is 19.5 Å². The predicted octanol–water partition coefficient (Wildman–Crippen LogP) is 3.41. The molecule has 5 nitrogen and oxygen atoms in total. The molecule has 1 N–H and O–H groups in total. The number of fused-ring (bicyclic) bond motifs is 1. The molecular weight excluding hydrogens is 285 g/mol. The molecule has 3 heterocycles. The molecule has 0 saturated heterocycles. The molecule has 0 aromatic carbocycles. The van der Waals surface area contributed by atoms with Crippen molar-refractivity contribution in [3.05, 3.63) is 41.0 Å². The minimum Gasteiger partial charge on any atom is -0.352 e. The number of aromatic nitrogens is 4. The van der Waals surface area contributed by atoms with Gasteiger partial charge in [0.15, 0.2) is 5.65 Å². The number of rotatable bonds is 2. The highest BCUT2D eigenvalue weighted by molar-refractivity contribution is 6.30. The number of hydrogen-bond acceptors (Lipinski definition) is 4. The van der Waals surface area contributed by atoms with Crippen LogP contribution in [0.3, 0.4) is 0 Å². The lowest BCUT2D eigenvalue weighted by Gasteiger charge is -2.07. The molecule has 0 spiro atoms. The standard InChI is InChI=1S/C12H9Cl2N5/c1-19-6-16-11-8(4-10(14)18-12(11)19)17-7-2-3-9(13)15-5-7/h2-6H,1H3,(H,17,18). The van der Waals surface area contributed by atoms with Crippen LogP contribution in [0.1, 0.15) is 0 Å². The lowest BCUT2D eigenvalue weighted by molar-refractivity contribution is 0.931. The Hall–Kier alpha value is -1.85. The molecule has 0 atom stereocenters. The van der Waals surface area contributed by atoms with Crippen molar-refractivity contribution < 1.29 is 0 Å². The first-order valence-electron chi connectivity index (χ1n) is 5.49. The third-order valence-electron chi connectivity index (χ3n) is 2.64. The summed E-state index contributed by atoms with van der Waals surface area (Å²) in [6, 6.07) is 5.27. The van der Waals surface area contributed by atoms with Gasteiger partial charge in [0.2, 0.25) is 0 Å². The van der Waals surface area contributed by atoms with Gasteiger partial charge >= 0.3 is 0 Å². The summed E-state index contributed by atoms with van der Waals surface area (Å²) in [5, 5.41) is 4.06. The molecule has 3 aromatic rings. The second kappa shape index (κ2) is 4.68. The average Bonchev–Trinajstić information content (AvgIpc) is 2.74. The molecule has 3 aromatic heterocycles. The van der Waals surface area contributed by atoms with Gasteiger partial charge in [-0.1, -0.05) is 23.2 Å². The first-order valence-corrected chi connectivity index (χ1v) is 6.25. The Morgan fingerprint density at radius 2 is 2.00 bits per heavy atom. The van der Waals surface area contributed by atoms with Gasteiger partial charge in [-0.15, -0.1) is 0 Å². The second-order valence-electron chi connectivity index (χ2n) is 4.01. The van der Waals surface area contributed by atoms with Gasteiger partial charge in [0.1, 0.15) is 15.8 Å². The zero-order valence-electron chi connectivity index (χ0n) is 9.93. The average molecular weight is 294 g/mol. The number of nitrogens with one attached hydrogen (secondary N) is 1. The summed E-state index contributed by atoms with van der Waals surface area (Å²) in [7, 11) is 1.87. The Morgan fingerprint density at radius 3 is 2.74 bits per heavy atom. The van der Waals surface area contributed by atoms with Gasteiger partial charge in [-0.2, -0.15) is 0 Å². The number of halogens is 2. The van der Waals surface area contributed by atoms with Crippen LogP contribution < -0.4 is 5.32 Å². The SMILES string of the molecule is Cn1cnc2c(Nc3ccc(Cl)nc3)cc(Cl)nc21. The van der Waals surface area contributed by atoms with Gasteiger partial charge in [-0.05, 0) is 12.1 Å². The van der Waals surface area contributed by atoms with Crippen LogP contribution in [0, 0.1) is 0 Å². The fraction of sp³-hybridized carbons (Fsp3) is 0.0833. The number of hydrogen-bond donors (Lipinski definition) is 1. The van der Waals surface area contributed by atoms with Crippen LogP contribution in [0.2, 0.25) is 10.3 Å². The van der Waals surface area contributed by atoms with Crippen LogP contribution in [0.5, 0.6) is 0 Å². The van der Waals surface area contributed by atoms with Gasteiger partial charge in [0, 0.05) is 13.1 Å². The Balaban J connectivity index is 2.07. The Kier molecular flexibility index (Phi) is 3.00. The van der Waals surface area contributed by atoms with E-state index < -0.39 is 0 Å². The number of aryl methyl sites for hydroxylation is 1. The van der Waals surface area contributed by atoms with Crippen molar-refractivity contribution in [2.24, 2.45) is 7.05 Å². The van der Waals surface area contributed by atoms with E-state index in [1.807, 2.05) is 17.7 Å². The van der Waals surface area contributed by atoms with E-state index in [2.05, 4.69) is 20.3 Å². The van der Waals surface area contributed by atoms with Gasteiger partial charge in [0.05, 0.1) is 23.9 Å². The number of anilines is 2. The van der Waals surface area contributed by atoms with E-state index in [1.165, 1.54) is 0 Å². The van der Waals surface area contributed by atoms with Crippen molar-refractivity contribution in [2.45, 2.75) is 0 Å². The topological polar surface area (TPSA) is 55.6 Å². The summed E-state index contributed by atoms with van der Waals surface area (Å²) in [6.45, 7) is 0. The highest BCUT2D eigenvalue weighted by Crippen LogP contribution is 2.26. The maximum absolute atomic E-state index is 6.02. The van der Waals surface area contributed by atoms with E-state index in [0.717, 1.165) is 22.5 Å². The highest BCUT2D eigenvalue weighted by Gasteiger charge is 2.09. The summed E-state index contributed by atoms with van der Waals surface area (Å²) in [5.41, 5.74) is 3.05. The first kappa shape index (κ1) is 12.2. The van der Waals surface area contributed by atoms with Gasteiger partial charge in [-0.25, -0.2) is 15.0 Å². The summed E-state index contributed by atoms with van der Waals surface area (Å²) < 4.78 is 1.81. The fourth-order valence-electron chi connectivity index (χ4n) is 1.77. The zero-order chi connectivity index (χ0) is 13.4. The van der Waals surface area contributed by atoms with Gasteiger partial charge < -0.3 is 9.88 Å². The van der Waals surface area contributed by atoms with E-state index in [9.17, 15) is 0 Å².